The molecule has 0 aromatic heterocycles. The lowest BCUT2D eigenvalue weighted by atomic mass is 9.86. The first kappa shape index (κ1) is 13.0. The van der Waals surface area contributed by atoms with Crippen molar-refractivity contribution in [2.75, 3.05) is 13.1 Å². The lowest BCUT2D eigenvalue weighted by Crippen LogP contribution is -2.50. The van der Waals surface area contributed by atoms with E-state index < -0.39 is 0 Å². The highest BCUT2D eigenvalue weighted by atomic mass is 15.2. The van der Waals surface area contributed by atoms with Crippen LogP contribution in [0, 0.1) is 5.92 Å². The van der Waals surface area contributed by atoms with Gasteiger partial charge in [0.2, 0.25) is 0 Å². The molecule has 0 bridgehead atoms. The largest absolute Gasteiger partial charge is 0.309 e. The standard InChI is InChI=1S/C13H28N2/c1-10(2)14-13(5,6)12-7-8-15(9-12)11(3)4/h10-12,14H,7-9H2,1-6H3. The number of nitrogens with one attached hydrogen (secondary N) is 1. The lowest BCUT2D eigenvalue weighted by molar-refractivity contribution is 0.209. The number of likely N-dealkylation sites (tertiary alicyclic amines) is 1. The fraction of sp³-hybridized carbons (Fsp3) is 1.00. The Kier molecular flexibility index (Phi) is 4.19. The second-order valence-electron chi connectivity index (χ2n) is 6.10. The zero-order valence-electron chi connectivity index (χ0n) is 11.3. The van der Waals surface area contributed by atoms with Gasteiger partial charge in [0.05, 0.1) is 0 Å². The van der Waals surface area contributed by atoms with Crippen LogP contribution in [-0.4, -0.2) is 35.6 Å². The molecule has 2 heteroatoms. The molecule has 1 saturated heterocycles. The van der Waals surface area contributed by atoms with Crippen LogP contribution in [0.4, 0.5) is 0 Å². The maximum absolute atomic E-state index is 3.69. The van der Waals surface area contributed by atoms with E-state index in [1.54, 1.807) is 0 Å². The molecule has 1 unspecified atom stereocenters. The monoisotopic (exact) mass is 212 g/mol. The van der Waals surface area contributed by atoms with Crippen molar-refractivity contribution in [1.29, 1.82) is 0 Å². The quantitative estimate of drug-likeness (QED) is 0.770. The molecular weight excluding hydrogens is 184 g/mol. The van der Waals surface area contributed by atoms with E-state index in [9.17, 15) is 0 Å². The Morgan fingerprint density at radius 3 is 2.20 bits per heavy atom. The van der Waals surface area contributed by atoms with Gasteiger partial charge in [0.25, 0.3) is 0 Å². The van der Waals surface area contributed by atoms with Gasteiger partial charge in [-0.25, -0.2) is 0 Å². The van der Waals surface area contributed by atoms with Crippen molar-refractivity contribution in [1.82, 2.24) is 10.2 Å². The fourth-order valence-electron chi connectivity index (χ4n) is 2.71. The molecule has 0 spiro atoms. The molecule has 1 fully saturated rings. The summed E-state index contributed by atoms with van der Waals surface area (Å²) in [7, 11) is 0. The summed E-state index contributed by atoms with van der Waals surface area (Å²) in [6.07, 6.45) is 1.34. The second kappa shape index (κ2) is 4.84. The molecule has 2 nitrogen and oxygen atoms in total. The van der Waals surface area contributed by atoms with Crippen molar-refractivity contribution in [3.05, 3.63) is 0 Å². The molecule has 0 aromatic rings. The normalized spacial score (nSPS) is 24.4. The van der Waals surface area contributed by atoms with Gasteiger partial charge < -0.3 is 10.2 Å². The number of hydrogen-bond acceptors (Lipinski definition) is 2. The summed E-state index contributed by atoms with van der Waals surface area (Å²) in [4.78, 5) is 2.59. The van der Waals surface area contributed by atoms with Crippen LogP contribution in [0.15, 0.2) is 0 Å². The first-order chi connectivity index (χ1) is 6.83. The first-order valence-corrected chi connectivity index (χ1v) is 6.34. The minimum absolute atomic E-state index is 0.276. The molecule has 0 aliphatic carbocycles. The van der Waals surface area contributed by atoms with Gasteiger partial charge in [-0.2, -0.15) is 0 Å². The van der Waals surface area contributed by atoms with Crippen molar-refractivity contribution in [3.8, 4) is 0 Å². The molecule has 90 valence electrons. The van der Waals surface area contributed by atoms with Gasteiger partial charge in [-0.3, -0.25) is 0 Å². The Morgan fingerprint density at radius 2 is 1.80 bits per heavy atom. The molecule has 1 atom stereocenters. The molecule has 0 amide bonds. The molecule has 0 aromatic carbocycles. The van der Waals surface area contributed by atoms with Crippen LogP contribution in [0.1, 0.15) is 48.0 Å². The number of nitrogens with zero attached hydrogens (tertiary/aromatic N) is 1. The van der Waals surface area contributed by atoms with Crippen molar-refractivity contribution in [2.24, 2.45) is 5.92 Å². The average molecular weight is 212 g/mol. The summed E-state index contributed by atoms with van der Waals surface area (Å²) < 4.78 is 0. The van der Waals surface area contributed by atoms with Gasteiger partial charge in [0, 0.05) is 24.2 Å². The smallest absolute Gasteiger partial charge is 0.0168 e. The van der Waals surface area contributed by atoms with E-state index in [-0.39, 0.29) is 5.54 Å². The topological polar surface area (TPSA) is 15.3 Å². The van der Waals surface area contributed by atoms with Crippen LogP contribution in [0.3, 0.4) is 0 Å². The summed E-state index contributed by atoms with van der Waals surface area (Å²) in [6, 6.07) is 1.28. The zero-order chi connectivity index (χ0) is 11.6. The van der Waals surface area contributed by atoms with E-state index in [0.717, 1.165) is 5.92 Å². The summed E-state index contributed by atoms with van der Waals surface area (Å²) in [6.45, 7) is 16.3. The Labute approximate surface area is 95.4 Å². The summed E-state index contributed by atoms with van der Waals surface area (Å²) in [5, 5.41) is 3.69. The maximum atomic E-state index is 3.69. The Morgan fingerprint density at radius 1 is 1.20 bits per heavy atom. The second-order valence-corrected chi connectivity index (χ2v) is 6.10. The van der Waals surface area contributed by atoms with E-state index in [1.165, 1.54) is 19.5 Å². The summed E-state index contributed by atoms with van der Waals surface area (Å²) in [5.41, 5.74) is 0.276. The molecule has 1 N–H and O–H groups in total. The SMILES string of the molecule is CC(C)NC(C)(C)C1CCN(C(C)C)C1. The molecule has 1 aliphatic heterocycles. The third-order valence-corrected chi connectivity index (χ3v) is 3.63. The van der Waals surface area contributed by atoms with E-state index in [0.29, 0.717) is 12.1 Å². The van der Waals surface area contributed by atoms with Gasteiger partial charge >= 0.3 is 0 Å². The fourth-order valence-corrected chi connectivity index (χ4v) is 2.71. The molecule has 1 heterocycles. The van der Waals surface area contributed by atoms with E-state index in [1.807, 2.05) is 0 Å². The third-order valence-electron chi connectivity index (χ3n) is 3.63. The van der Waals surface area contributed by atoms with Gasteiger partial charge in [0.15, 0.2) is 0 Å². The Bertz CT molecular complexity index is 197. The van der Waals surface area contributed by atoms with E-state index in [2.05, 4.69) is 51.8 Å². The molecule has 1 rings (SSSR count). The van der Waals surface area contributed by atoms with Crippen LogP contribution in [0.25, 0.3) is 0 Å². The molecule has 0 radical (unpaired) electrons. The van der Waals surface area contributed by atoms with Crippen molar-refractivity contribution in [3.63, 3.8) is 0 Å². The predicted molar refractivity (Wildman–Crippen MR) is 67.2 cm³/mol. The molecule has 0 saturated carbocycles. The third kappa shape index (κ3) is 3.46. The van der Waals surface area contributed by atoms with Crippen LogP contribution in [0.2, 0.25) is 0 Å². The summed E-state index contributed by atoms with van der Waals surface area (Å²) >= 11 is 0. The lowest BCUT2D eigenvalue weighted by Gasteiger charge is -2.35. The molecule has 15 heavy (non-hydrogen) atoms. The van der Waals surface area contributed by atoms with Crippen LogP contribution in [0.5, 0.6) is 0 Å². The van der Waals surface area contributed by atoms with Crippen LogP contribution >= 0.6 is 0 Å². The maximum Gasteiger partial charge on any atom is 0.0168 e. The molecular formula is C13H28N2. The minimum Gasteiger partial charge on any atom is -0.309 e. The highest BCUT2D eigenvalue weighted by Gasteiger charge is 2.35. The van der Waals surface area contributed by atoms with Crippen molar-refractivity contribution in [2.45, 2.75) is 65.6 Å². The highest BCUT2D eigenvalue weighted by Crippen LogP contribution is 2.28. The van der Waals surface area contributed by atoms with Gasteiger partial charge in [0.1, 0.15) is 0 Å². The number of hydrogen-bond donors (Lipinski definition) is 1. The van der Waals surface area contributed by atoms with Crippen molar-refractivity contribution < 1.29 is 0 Å². The highest BCUT2D eigenvalue weighted by molar-refractivity contribution is 4.93. The minimum atomic E-state index is 0.276. The Balaban J connectivity index is 2.51. The van der Waals surface area contributed by atoms with Crippen molar-refractivity contribution >= 4 is 0 Å². The van der Waals surface area contributed by atoms with Crippen LogP contribution < -0.4 is 5.32 Å². The van der Waals surface area contributed by atoms with Crippen LogP contribution in [-0.2, 0) is 0 Å². The van der Waals surface area contributed by atoms with Gasteiger partial charge in [-0.1, -0.05) is 13.8 Å². The Hall–Kier alpha value is -0.0800. The molecule has 1 aliphatic rings. The van der Waals surface area contributed by atoms with E-state index in [4.69, 9.17) is 0 Å². The first-order valence-electron chi connectivity index (χ1n) is 6.34. The predicted octanol–water partition coefficient (Wildman–Crippen LogP) is 2.49. The zero-order valence-corrected chi connectivity index (χ0v) is 11.3. The van der Waals surface area contributed by atoms with Gasteiger partial charge in [-0.05, 0) is 46.6 Å². The number of rotatable bonds is 4. The van der Waals surface area contributed by atoms with E-state index >= 15 is 0 Å². The summed E-state index contributed by atoms with van der Waals surface area (Å²) in [5.74, 6) is 0.794. The van der Waals surface area contributed by atoms with Gasteiger partial charge in [-0.15, -0.1) is 0 Å². The average Bonchev–Trinajstić information content (AvgIpc) is 2.48.